The van der Waals surface area contributed by atoms with Gasteiger partial charge in [-0.3, -0.25) is 10.7 Å². The normalized spacial score (nSPS) is 18.7. The van der Waals surface area contributed by atoms with E-state index in [1.807, 2.05) is 37.3 Å². The Morgan fingerprint density at radius 3 is 2.40 bits per heavy atom. The molecule has 0 radical (unpaired) electrons. The van der Waals surface area contributed by atoms with Crippen LogP contribution in [-0.2, 0) is 0 Å². The summed E-state index contributed by atoms with van der Waals surface area (Å²) in [6.45, 7) is 9.36. The molecule has 2 atom stereocenters. The Morgan fingerprint density at radius 1 is 0.851 bits per heavy atom. The summed E-state index contributed by atoms with van der Waals surface area (Å²) in [7, 11) is 4.29. The molecule has 336 valence electrons. The molecular formula is C59H60N8. The zero-order chi connectivity index (χ0) is 46.4. The lowest BCUT2D eigenvalue weighted by Crippen LogP contribution is -2.45. The third kappa shape index (κ3) is 9.40. The molecule has 0 amide bonds. The van der Waals surface area contributed by atoms with Crippen LogP contribution in [0.2, 0.25) is 0 Å². The van der Waals surface area contributed by atoms with Crippen LogP contribution in [0, 0.1) is 5.41 Å². The van der Waals surface area contributed by atoms with Crippen LogP contribution >= 0.6 is 0 Å². The lowest BCUT2D eigenvalue weighted by molar-refractivity contribution is 0.409. The number of anilines is 2. The molecule has 1 aromatic heterocycles. The minimum Gasteiger partial charge on any atom is -0.384 e. The van der Waals surface area contributed by atoms with Crippen molar-refractivity contribution in [3.8, 4) is 16.8 Å². The van der Waals surface area contributed by atoms with Gasteiger partial charge in [-0.25, -0.2) is 4.99 Å². The summed E-state index contributed by atoms with van der Waals surface area (Å²) < 4.78 is 2.48. The van der Waals surface area contributed by atoms with Crippen molar-refractivity contribution in [1.82, 2.24) is 15.2 Å². The largest absolute Gasteiger partial charge is 0.384 e. The van der Waals surface area contributed by atoms with Crippen molar-refractivity contribution in [1.29, 1.82) is 5.41 Å². The predicted octanol–water partition coefficient (Wildman–Crippen LogP) is 11.1. The Balaban J connectivity index is 1.19. The molecule has 8 nitrogen and oxygen atoms in total. The fourth-order valence-electron chi connectivity index (χ4n) is 9.43. The first kappa shape index (κ1) is 44.5. The number of nitrogens with two attached hydrogens (primary N) is 1. The van der Waals surface area contributed by atoms with Crippen LogP contribution in [-0.4, -0.2) is 36.9 Å². The molecule has 0 bridgehead atoms. The highest BCUT2D eigenvalue weighted by Crippen LogP contribution is 2.40. The van der Waals surface area contributed by atoms with Gasteiger partial charge >= 0.3 is 0 Å². The van der Waals surface area contributed by atoms with E-state index in [2.05, 4.69) is 198 Å². The summed E-state index contributed by atoms with van der Waals surface area (Å²) in [5.74, 6) is 0.914. The van der Waals surface area contributed by atoms with Gasteiger partial charge in [-0.05, 0) is 98.2 Å². The van der Waals surface area contributed by atoms with Crippen LogP contribution in [0.25, 0.3) is 45.4 Å². The molecule has 3 heterocycles. The van der Waals surface area contributed by atoms with Crippen molar-refractivity contribution in [3.05, 3.63) is 215 Å². The third-order valence-corrected chi connectivity index (χ3v) is 12.9. The molecule has 2 unspecified atom stereocenters. The Kier molecular flexibility index (Phi) is 13.2. The topological polar surface area (TPSA) is 97.7 Å². The maximum absolute atomic E-state index is 7.97. The molecule has 0 spiro atoms. The standard InChI is InChI=1S/C59H60N8/c1-6-42(56(60)61)28-20-23-41(3)66-35-19-8-7-12-22-40(2)48-34-33-45(37-54(48)66)50-38-55-51(39-53(50)65(4)5)49-31-17-11-18-32-52(49)67(55)47-30-21-29-46(36-47)59-63-57(43-24-13-9-14-25-43)62-58(64-59)44-26-15-10-16-27-44/h6-10,12-16,20-34,36-39,57,59,63H,2,11,17-19,35H2,1,3-5H3,(H3,60,61)(H,62,64)/b8-7-,22-12-,28-20-,41-23+,42-6+. The zero-order valence-electron chi connectivity index (χ0n) is 39.0. The number of hydrogen-bond donors (Lipinski definition) is 4. The third-order valence-electron chi connectivity index (χ3n) is 12.9. The highest BCUT2D eigenvalue weighted by Gasteiger charge is 2.26. The number of allylic oxidation sites excluding steroid dienone is 8. The van der Waals surface area contributed by atoms with Crippen LogP contribution < -0.4 is 36.7 Å². The summed E-state index contributed by atoms with van der Waals surface area (Å²) in [4.78, 5) is 9.81. The Morgan fingerprint density at radius 2 is 1.63 bits per heavy atom. The van der Waals surface area contributed by atoms with Crippen LogP contribution in [0.4, 0.5) is 11.4 Å². The first-order valence-electron chi connectivity index (χ1n) is 23.4. The Bertz CT molecular complexity index is 3160. The molecular weight excluding hydrogens is 821 g/mol. The first-order chi connectivity index (χ1) is 32.7. The maximum Gasteiger partial charge on any atom is 0.131 e. The van der Waals surface area contributed by atoms with Gasteiger partial charge < -0.3 is 25.4 Å². The second-order valence-electron chi connectivity index (χ2n) is 17.6. The molecule has 0 saturated carbocycles. The number of benzene rings is 5. The minimum atomic E-state index is -0.224. The van der Waals surface area contributed by atoms with Crippen LogP contribution in [0.3, 0.4) is 0 Å². The zero-order valence-corrected chi connectivity index (χ0v) is 39.0. The fraction of sp³-hybridized carbons (Fsp3) is 0.186. The molecule has 5 aromatic carbocycles. The number of amidine groups is 2. The van der Waals surface area contributed by atoms with E-state index < -0.39 is 0 Å². The second-order valence-corrected chi connectivity index (χ2v) is 17.6. The fourth-order valence-corrected chi connectivity index (χ4v) is 9.43. The van der Waals surface area contributed by atoms with E-state index in [4.69, 9.17) is 16.1 Å². The van der Waals surface area contributed by atoms with E-state index in [0.29, 0.717) is 5.57 Å². The second kappa shape index (κ2) is 19.8. The van der Waals surface area contributed by atoms with Gasteiger partial charge in [-0.15, -0.1) is 0 Å². The summed E-state index contributed by atoms with van der Waals surface area (Å²) in [5, 5.41) is 19.3. The van der Waals surface area contributed by atoms with Gasteiger partial charge in [-0.2, -0.15) is 0 Å². The molecule has 67 heavy (non-hydrogen) atoms. The molecule has 3 aliphatic rings. The average molecular weight is 881 g/mol. The quantitative estimate of drug-likeness (QED) is 0.0624. The molecule has 5 N–H and O–H groups in total. The van der Waals surface area contributed by atoms with Gasteiger partial charge in [0.1, 0.15) is 24.0 Å². The van der Waals surface area contributed by atoms with Gasteiger partial charge in [-0.1, -0.05) is 146 Å². The number of rotatable bonds is 10. The summed E-state index contributed by atoms with van der Waals surface area (Å²) >= 11 is 0. The van der Waals surface area contributed by atoms with Gasteiger partial charge in [0.2, 0.25) is 0 Å². The highest BCUT2D eigenvalue weighted by molar-refractivity contribution is 6.00. The van der Waals surface area contributed by atoms with Gasteiger partial charge in [0.05, 0.1) is 5.52 Å². The summed E-state index contributed by atoms with van der Waals surface area (Å²) in [6, 6.07) is 41.5. The molecule has 0 fully saturated rings. The van der Waals surface area contributed by atoms with Crippen molar-refractivity contribution in [3.63, 3.8) is 0 Å². The van der Waals surface area contributed by atoms with Crippen molar-refractivity contribution in [2.75, 3.05) is 30.4 Å². The highest BCUT2D eigenvalue weighted by atomic mass is 15.3. The molecule has 0 saturated heterocycles. The lowest BCUT2D eigenvalue weighted by Gasteiger charge is -2.32. The van der Waals surface area contributed by atoms with Crippen molar-refractivity contribution in [2.24, 2.45) is 10.7 Å². The first-order valence-corrected chi connectivity index (χ1v) is 23.4. The van der Waals surface area contributed by atoms with E-state index in [0.717, 1.165) is 105 Å². The van der Waals surface area contributed by atoms with Crippen molar-refractivity contribution in [2.45, 2.75) is 51.9 Å². The van der Waals surface area contributed by atoms with Crippen molar-refractivity contribution < 1.29 is 0 Å². The minimum absolute atomic E-state index is 0.0503. The Hall–Kier alpha value is -7.68. The Labute approximate surface area is 395 Å². The number of aliphatic imine (C=N–C) groups is 1. The molecule has 8 heteroatoms. The van der Waals surface area contributed by atoms with E-state index in [1.54, 1.807) is 0 Å². The number of hydrogen-bond acceptors (Lipinski definition) is 6. The van der Waals surface area contributed by atoms with E-state index in [9.17, 15) is 0 Å². The van der Waals surface area contributed by atoms with Gasteiger partial charge in [0.15, 0.2) is 0 Å². The maximum atomic E-state index is 7.97. The lowest BCUT2D eigenvalue weighted by atomic mass is 9.95. The van der Waals surface area contributed by atoms with E-state index in [-0.39, 0.29) is 18.2 Å². The van der Waals surface area contributed by atoms with Crippen LogP contribution in [0.1, 0.15) is 74.1 Å². The molecule has 9 rings (SSSR count). The SMILES string of the molecule is C=C1/C=C\C=C/CCN(/C(C)=C/C=C\C(=C/C)C(=N)N)c2cc(-c3cc4c(cc3N(C)C)c3c(n4-c4cccc(C5NC(c6ccccc6)=NC(c6ccccc6)N5)c4)=CCCCC=3)ccc21. The van der Waals surface area contributed by atoms with Gasteiger partial charge in [0, 0.05) is 81.6 Å². The van der Waals surface area contributed by atoms with Gasteiger partial charge in [0.25, 0.3) is 0 Å². The predicted molar refractivity (Wildman–Crippen MR) is 284 cm³/mol. The van der Waals surface area contributed by atoms with E-state index >= 15 is 0 Å². The number of aromatic nitrogens is 1. The number of fused-ring (bicyclic) bond motifs is 4. The summed E-state index contributed by atoms with van der Waals surface area (Å²) in [5.41, 5.74) is 19.7. The average Bonchev–Trinajstić information content (AvgIpc) is 3.46. The smallest absolute Gasteiger partial charge is 0.131 e. The molecule has 2 aliphatic heterocycles. The summed E-state index contributed by atoms with van der Waals surface area (Å²) in [6.07, 6.45) is 24.8. The van der Waals surface area contributed by atoms with E-state index in [1.165, 1.54) is 16.0 Å². The monoisotopic (exact) mass is 880 g/mol. The molecule has 6 aromatic rings. The van der Waals surface area contributed by atoms with Crippen LogP contribution in [0.15, 0.2) is 187 Å². The number of nitrogens with one attached hydrogen (secondary N) is 3. The number of nitrogens with zero attached hydrogens (tertiary/aromatic N) is 4. The van der Waals surface area contributed by atoms with Crippen molar-refractivity contribution >= 4 is 51.7 Å². The molecule has 1 aliphatic carbocycles. The van der Waals surface area contributed by atoms with Crippen LogP contribution in [0.5, 0.6) is 0 Å².